The van der Waals surface area contributed by atoms with E-state index in [4.69, 9.17) is 9.47 Å². The molecule has 0 aliphatic heterocycles. The molecule has 0 saturated carbocycles. The van der Waals surface area contributed by atoms with E-state index in [1.54, 1.807) is 7.11 Å². The predicted octanol–water partition coefficient (Wildman–Crippen LogP) is 3.54. The van der Waals surface area contributed by atoms with Crippen molar-refractivity contribution in [2.24, 2.45) is 0 Å². The molecule has 2 aromatic carbocycles. The minimum atomic E-state index is -0.464. The molecule has 1 unspecified atom stereocenters. The van der Waals surface area contributed by atoms with Crippen molar-refractivity contribution >= 4 is 11.9 Å². The normalized spacial score (nSPS) is 16.7. The van der Waals surface area contributed by atoms with Crippen LogP contribution in [0.4, 0.5) is 0 Å². The molecule has 1 aliphatic rings. The van der Waals surface area contributed by atoms with Gasteiger partial charge in [0.2, 0.25) is 5.91 Å². The van der Waals surface area contributed by atoms with Crippen LogP contribution in [0.25, 0.3) is 0 Å². The number of fused-ring (bicyclic) bond motifs is 1. The second kappa shape index (κ2) is 8.71. The van der Waals surface area contributed by atoms with Gasteiger partial charge in [-0.3, -0.25) is 9.59 Å². The fourth-order valence-corrected chi connectivity index (χ4v) is 3.66. The van der Waals surface area contributed by atoms with Crippen LogP contribution in [-0.4, -0.2) is 26.1 Å². The number of rotatable bonds is 6. The smallest absolute Gasteiger partial charge is 0.307 e. The van der Waals surface area contributed by atoms with Crippen LogP contribution in [0.1, 0.15) is 47.9 Å². The number of methoxy groups -OCH3 is 2. The first kappa shape index (κ1) is 19.0. The first-order chi connectivity index (χ1) is 13.1. The number of esters is 1. The highest BCUT2D eigenvalue weighted by atomic mass is 16.5. The van der Waals surface area contributed by atoms with Crippen molar-refractivity contribution in [2.75, 3.05) is 14.2 Å². The molecule has 3 rings (SSSR count). The third-order valence-corrected chi connectivity index (χ3v) is 5.10. The summed E-state index contributed by atoms with van der Waals surface area (Å²) in [5, 5.41) is 3.07. The van der Waals surface area contributed by atoms with Crippen molar-refractivity contribution in [3.63, 3.8) is 0 Å². The SMILES string of the molecule is COC(=O)CC(NC(=O)[C@H]1CCCc2ccccc21)c1cccc(OC)c1. The summed E-state index contributed by atoms with van der Waals surface area (Å²) in [6.07, 6.45) is 2.87. The molecule has 1 aliphatic carbocycles. The maximum absolute atomic E-state index is 13.1. The highest BCUT2D eigenvalue weighted by Crippen LogP contribution is 2.32. The molecule has 27 heavy (non-hydrogen) atoms. The standard InChI is InChI=1S/C22H25NO4/c1-26-17-10-5-9-16(13-17)20(14-21(24)27-2)23-22(25)19-12-6-8-15-7-3-4-11-18(15)19/h3-5,7,9-11,13,19-20H,6,8,12,14H2,1-2H3,(H,23,25)/t19-,20?/m0/s1. The summed E-state index contributed by atoms with van der Waals surface area (Å²) in [5.74, 6) is 0.0615. The number of carbonyl (C=O) groups excluding carboxylic acids is 2. The maximum atomic E-state index is 13.1. The molecule has 142 valence electrons. The van der Waals surface area contributed by atoms with Gasteiger partial charge in [0.25, 0.3) is 0 Å². The van der Waals surface area contributed by atoms with E-state index in [1.807, 2.05) is 42.5 Å². The molecular formula is C22H25NO4. The van der Waals surface area contributed by atoms with Gasteiger partial charge in [-0.25, -0.2) is 0 Å². The fourth-order valence-electron chi connectivity index (χ4n) is 3.66. The summed E-state index contributed by atoms with van der Waals surface area (Å²) < 4.78 is 10.1. The lowest BCUT2D eigenvalue weighted by Gasteiger charge is -2.27. The Balaban J connectivity index is 1.83. The van der Waals surface area contributed by atoms with E-state index >= 15 is 0 Å². The van der Waals surface area contributed by atoms with E-state index in [1.165, 1.54) is 12.7 Å². The molecular weight excluding hydrogens is 342 g/mol. The Morgan fingerprint density at radius 2 is 1.96 bits per heavy atom. The van der Waals surface area contributed by atoms with Gasteiger partial charge in [0.15, 0.2) is 0 Å². The quantitative estimate of drug-likeness (QED) is 0.793. The predicted molar refractivity (Wildman–Crippen MR) is 103 cm³/mol. The first-order valence-electron chi connectivity index (χ1n) is 9.21. The van der Waals surface area contributed by atoms with Crippen LogP contribution in [0.15, 0.2) is 48.5 Å². The van der Waals surface area contributed by atoms with Crippen molar-refractivity contribution in [1.29, 1.82) is 0 Å². The summed E-state index contributed by atoms with van der Waals surface area (Å²) in [6, 6.07) is 15.0. The van der Waals surface area contributed by atoms with Crippen molar-refractivity contribution in [2.45, 2.75) is 37.6 Å². The van der Waals surface area contributed by atoms with E-state index in [0.29, 0.717) is 5.75 Å². The van der Waals surface area contributed by atoms with Crippen LogP contribution in [0.5, 0.6) is 5.75 Å². The van der Waals surface area contributed by atoms with Gasteiger partial charge < -0.3 is 14.8 Å². The summed E-state index contributed by atoms with van der Waals surface area (Å²) in [5.41, 5.74) is 3.13. The molecule has 0 radical (unpaired) electrons. The van der Waals surface area contributed by atoms with Crippen molar-refractivity contribution in [3.05, 3.63) is 65.2 Å². The number of aryl methyl sites for hydroxylation is 1. The van der Waals surface area contributed by atoms with Gasteiger partial charge in [0.1, 0.15) is 5.75 Å². The zero-order valence-corrected chi connectivity index (χ0v) is 15.7. The molecule has 2 aromatic rings. The topological polar surface area (TPSA) is 64.6 Å². The molecule has 5 nitrogen and oxygen atoms in total. The molecule has 1 amide bonds. The van der Waals surface area contributed by atoms with E-state index in [-0.39, 0.29) is 24.2 Å². The van der Waals surface area contributed by atoms with E-state index in [9.17, 15) is 9.59 Å². The summed E-state index contributed by atoms with van der Waals surface area (Å²) in [6.45, 7) is 0. The Labute approximate surface area is 159 Å². The molecule has 0 heterocycles. The lowest BCUT2D eigenvalue weighted by molar-refractivity contribution is -0.141. The van der Waals surface area contributed by atoms with Crippen LogP contribution in [-0.2, 0) is 20.7 Å². The second-order valence-electron chi connectivity index (χ2n) is 6.76. The summed E-state index contributed by atoms with van der Waals surface area (Å²) >= 11 is 0. The molecule has 1 N–H and O–H groups in total. The highest BCUT2D eigenvalue weighted by molar-refractivity contribution is 5.85. The molecule has 5 heteroatoms. The molecule has 0 spiro atoms. The Bertz CT molecular complexity index is 817. The van der Waals surface area contributed by atoms with E-state index in [0.717, 1.165) is 30.4 Å². The van der Waals surface area contributed by atoms with Gasteiger partial charge in [-0.1, -0.05) is 36.4 Å². The number of hydrogen-bond donors (Lipinski definition) is 1. The highest BCUT2D eigenvalue weighted by Gasteiger charge is 2.29. The first-order valence-corrected chi connectivity index (χ1v) is 9.21. The molecule has 0 aromatic heterocycles. The minimum Gasteiger partial charge on any atom is -0.497 e. The number of amides is 1. The minimum absolute atomic E-state index is 0.0566. The van der Waals surface area contributed by atoms with Crippen molar-refractivity contribution in [1.82, 2.24) is 5.32 Å². The monoisotopic (exact) mass is 367 g/mol. The third kappa shape index (κ3) is 4.48. The Hall–Kier alpha value is -2.82. The van der Waals surface area contributed by atoms with Crippen molar-refractivity contribution < 1.29 is 19.1 Å². The number of hydrogen-bond acceptors (Lipinski definition) is 4. The largest absolute Gasteiger partial charge is 0.497 e. The van der Waals surface area contributed by atoms with Crippen LogP contribution in [0.2, 0.25) is 0 Å². The van der Waals surface area contributed by atoms with Gasteiger partial charge in [0, 0.05) is 0 Å². The number of ether oxygens (including phenoxy) is 2. The van der Waals surface area contributed by atoms with E-state index < -0.39 is 6.04 Å². The van der Waals surface area contributed by atoms with Gasteiger partial charge >= 0.3 is 5.97 Å². The van der Waals surface area contributed by atoms with Crippen LogP contribution in [0, 0.1) is 0 Å². The fraction of sp³-hybridized carbons (Fsp3) is 0.364. The maximum Gasteiger partial charge on any atom is 0.307 e. The molecule has 2 atom stereocenters. The Kier molecular flexibility index (Phi) is 6.12. The summed E-state index contributed by atoms with van der Waals surface area (Å²) in [7, 11) is 2.94. The lowest BCUT2D eigenvalue weighted by Crippen LogP contribution is -2.35. The number of nitrogens with one attached hydrogen (secondary N) is 1. The molecule has 0 bridgehead atoms. The lowest BCUT2D eigenvalue weighted by atomic mass is 9.82. The third-order valence-electron chi connectivity index (χ3n) is 5.10. The summed E-state index contributed by atoms with van der Waals surface area (Å²) in [4.78, 5) is 25.0. The van der Waals surface area contributed by atoms with Crippen LogP contribution >= 0.6 is 0 Å². The number of benzene rings is 2. The number of carbonyl (C=O) groups is 2. The average Bonchev–Trinajstić information content (AvgIpc) is 2.72. The van der Waals surface area contributed by atoms with Gasteiger partial charge in [0.05, 0.1) is 32.6 Å². The van der Waals surface area contributed by atoms with Crippen LogP contribution in [0.3, 0.4) is 0 Å². The Morgan fingerprint density at radius 1 is 1.15 bits per heavy atom. The zero-order valence-electron chi connectivity index (χ0n) is 15.7. The molecule has 0 saturated heterocycles. The van der Waals surface area contributed by atoms with Crippen LogP contribution < -0.4 is 10.1 Å². The van der Waals surface area contributed by atoms with Gasteiger partial charge in [-0.15, -0.1) is 0 Å². The molecule has 0 fully saturated rings. The van der Waals surface area contributed by atoms with Gasteiger partial charge in [-0.2, -0.15) is 0 Å². The van der Waals surface area contributed by atoms with Crippen molar-refractivity contribution in [3.8, 4) is 5.75 Å². The average molecular weight is 367 g/mol. The second-order valence-corrected chi connectivity index (χ2v) is 6.76. The Morgan fingerprint density at radius 3 is 2.74 bits per heavy atom. The zero-order chi connectivity index (χ0) is 19.2. The van der Waals surface area contributed by atoms with Gasteiger partial charge in [-0.05, 0) is 48.1 Å². The van der Waals surface area contributed by atoms with E-state index in [2.05, 4.69) is 11.4 Å².